The number of ether oxygens (including phenoxy) is 1. The van der Waals surface area contributed by atoms with Gasteiger partial charge in [0.1, 0.15) is 0 Å². The van der Waals surface area contributed by atoms with Gasteiger partial charge in [0.15, 0.2) is 0 Å². The number of carboxylic acid groups (broad SMARTS) is 1. The molecule has 0 aromatic carbocycles. The van der Waals surface area contributed by atoms with Crippen LogP contribution in [0.25, 0.3) is 0 Å². The van der Waals surface area contributed by atoms with E-state index in [2.05, 4.69) is 11.3 Å². The number of aliphatic carboxylic acids is 1. The van der Waals surface area contributed by atoms with Crippen LogP contribution in [0.3, 0.4) is 0 Å². The highest BCUT2D eigenvalue weighted by Gasteiger charge is 2.23. The second-order valence-electron chi connectivity index (χ2n) is 3.20. The molecule has 0 spiro atoms. The molecule has 0 fully saturated rings. The summed E-state index contributed by atoms with van der Waals surface area (Å²) in [5.41, 5.74) is 0.0740. The summed E-state index contributed by atoms with van der Waals surface area (Å²) in [6.45, 7) is 5.82. The molecule has 0 aliphatic carbocycles. The van der Waals surface area contributed by atoms with Gasteiger partial charge >= 0.3 is 11.9 Å². The molecular weight excluding hydrogens is 200 g/mol. The van der Waals surface area contributed by atoms with Crippen LogP contribution in [0.15, 0.2) is 24.3 Å². The van der Waals surface area contributed by atoms with Gasteiger partial charge in [0, 0.05) is 25.0 Å². The molecule has 15 heavy (non-hydrogen) atoms. The van der Waals surface area contributed by atoms with Crippen molar-refractivity contribution < 1.29 is 24.5 Å². The zero-order valence-corrected chi connectivity index (χ0v) is 8.69. The minimum absolute atomic E-state index is 0.0740. The van der Waals surface area contributed by atoms with E-state index in [9.17, 15) is 14.7 Å². The van der Waals surface area contributed by atoms with Crippen molar-refractivity contribution in [3.05, 3.63) is 24.3 Å². The van der Waals surface area contributed by atoms with E-state index in [1.54, 1.807) is 0 Å². The minimum atomic E-state index is -1.72. The van der Waals surface area contributed by atoms with Crippen LogP contribution in [0.1, 0.15) is 20.3 Å². The lowest BCUT2D eigenvalue weighted by Gasteiger charge is -2.21. The Hall–Kier alpha value is -1.62. The van der Waals surface area contributed by atoms with Gasteiger partial charge in [-0.25, -0.2) is 9.59 Å². The highest BCUT2D eigenvalue weighted by Crippen LogP contribution is 2.14. The number of hydrogen-bond acceptors (Lipinski definition) is 4. The highest BCUT2D eigenvalue weighted by molar-refractivity contribution is 5.85. The molecule has 0 rings (SSSR count). The number of hydrogen-bond donors (Lipinski definition) is 2. The van der Waals surface area contributed by atoms with Crippen LogP contribution < -0.4 is 0 Å². The number of carbonyl (C=O) groups is 2. The van der Waals surface area contributed by atoms with E-state index in [0.717, 1.165) is 6.08 Å². The van der Waals surface area contributed by atoms with E-state index in [-0.39, 0.29) is 12.0 Å². The Morgan fingerprint density at radius 3 is 2.47 bits per heavy atom. The normalized spacial score (nSPS) is 15.3. The minimum Gasteiger partial charge on any atom is -0.478 e. The van der Waals surface area contributed by atoms with E-state index in [4.69, 9.17) is 5.11 Å². The summed E-state index contributed by atoms with van der Waals surface area (Å²) in [6.07, 6.45) is 2.10. The summed E-state index contributed by atoms with van der Waals surface area (Å²) >= 11 is 0. The molecule has 84 valence electrons. The maximum Gasteiger partial charge on any atom is 0.332 e. The summed E-state index contributed by atoms with van der Waals surface area (Å²) in [5.74, 6) is -3.57. The molecule has 0 aromatic heterocycles. The fraction of sp³-hybridized carbons (Fsp3) is 0.400. The highest BCUT2D eigenvalue weighted by atomic mass is 16.7. The van der Waals surface area contributed by atoms with Crippen molar-refractivity contribution in [3.8, 4) is 0 Å². The molecule has 2 N–H and O–H groups in total. The Balaban J connectivity index is 4.38. The fourth-order valence-corrected chi connectivity index (χ4v) is 0.730. The molecule has 5 heteroatoms. The maximum atomic E-state index is 10.8. The summed E-state index contributed by atoms with van der Waals surface area (Å²) < 4.78 is 4.58. The number of carbonyl (C=O) groups excluding carboxylic acids is 1. The van der Waals surface area contributed by atoms with Gasteiger partial charge < -0.3 is 14.9 Å². The molecule has 0 amide bonds. The number of esters is 1. The van der Waals surface area contributed by atoms with E-state index in [0.29, 0.717) is 0 Å². The molecule has 0 saturated carbocycles. The van der Waals surface area contributed by atoms with Gasteiger partial charge in [-0.2, -0.15) is 0 Å². The van der Waals surface area contributed by atoms with Crippen molar-refractivity contribution in [3.63, 3.8) is 0 Å². The first-order valence-corrected chi connectivity index (χ1v) is 4.26. The van der Waals surface area contributed by atoms with Crippen LogP contribution >= 0.6 is 0 Å². The first kappa shape index (κ1) is 13.4. The molecule has 5 nitrogen and oxygen atoms in total. The molecule has 0 aromatic rings. The van der Waals surface area contributed by atoms with E-state index < -0.39 is 17.7 Å². The molecule has 0 aliphatic rings. The predicted octanol–water partition coefficient (Wildman–Crippen LogP) is 0.845. The van der Waals surface area contributed by atoms with Gasteiger partial charge in [-0.3, -0.25) is 0 Å². The second kappa shape index (κ2) is 5.31. The van der Waals surface area contributed by atoms with Gasteiger partial charge in [0.05, 0.1) is 0 Å². The maximum absolute atomic E-state index is 10.8. The number of carboxylic acids is 1. The van der Waals surface area contributed by atoms with Crippen molar-refractivity contribution >= 4 is 11.9 Å². The van der Waals surface area contributed by atoms with Crippen LogP contribution in [-0.2, 0) is 14.3 Å². The quantitative estimate of drug-likeness (QED) is 0.402. The van der Waals surface area contributed by atoms with E-state index >= 15 is 0 Å². The average molecular weight is 214 g/mol. The largest absolute Gasteiger partial charge is 0.478 e. The van der Waals surface area contributed by atoms with Crippen molar-refractivity contribution in [2.45, 2.75) is 26.1 Å². The van der Waals surface area contributed by atoms with Crippen molar-refractivity contribution in [1.29, 1.82) is 0 Å². The van der Waals surface area contributed by atoms with Gasteiger partial charge in [-0.05, 0) is 6.92 Å². The second-order valence-corrected chi connectivity index (χ2v) is 3.20. The average Bonchev–Trinajstić information content (AvgIpc) is 2.13. The zero-order valence-electron chi connectivity index (χ0n) is 8.69. The summed E-state index contributed by atoms with van der Waals surface area (Å²) in [7, 11) is 0. The number of rotatable bonds is 5. The predicted molar refractivity (Wildman–Crippen MR) is 52.9 cm³/mol. The molecule has 0 radical (unpaired) electrons. The molecule has 1 unspecified atom stereocenters. The molecule has 0 saturated heterocycles. The molecule has 0 bridgehead atoms. The Kier molecular flexibility index (Phi) is 4.73. The standard InChI is InChI=1S/C10H14O5/c1-4-8(11)15-10(3,14)6-5-7(2)9(12)13/h4-5,14H,1,6H2,2-3H3,(H,12,13). The third kappa shape index (κ3) is 5.64. The van der Waals surface area contributed by atoms with Crippen LogP contribution in [0.2, 0.25) is 0 Å². The summed E-state index contributed by atoms with van der Waals surface area (Å²) in [5, 5.41) is 18.1. The summed E-state index contributed by atoms with van der Waals surface area (Å²) in [6, 6.07) is 0. The van der Waals surface area contributed by atoms with Crippen LogP contribution in [0.5, 0.6) is 0 Å². The SMILES string of the molecule is C=CC(=O)OC(C)(O)CC=C(C)C(=O)O. The topological polar surface area (TPSA) is 83.8 Å². The van der Waals surface area contributed by atoms with Gasteiger partial charge in [-0.15, -0.1) is 0 Å². The van der Waals surface area contributed by atoms with Crippen molar-refractivity contribution in [2.75, 3.05) is 0 Å². The van der Waals surface area contributed by atoms with Crippen LogP contribution in [0.4, 0.5) is 0 Å². The first-order valence-electron chi connectivity index (χ1n) is 4.26. The Labute approximate surface area is 87.7 Å². The molecular formula is C10H14O5. The third-order valence-electron chi connectivity index (χ3n) is 1.61. The summed E-state index contributed by atoms with van der Waals surface area (Å²) in [4.78, 5) is 21.2. The molecule has 0 heterocycles. The van der Waals surface area contributed by atoms with Gasteiger partial charge in [-0.1, -0.05) is 12.7 Å². The Morgan fingerprint density at radius 2 is 2.07 bits per heavy atom. The molecule has 1 atom stereocenters. The van der Waals surface area contributed by atoms with E-state index in [1.807, 2.05) is 0 Å². The lowest BCUT2D eigenvalue weighted by molar-refractivity contribution is -0.194. The van der Waals surface area contributed by atoms with Crippen LogP contribution in [-0.4, -0.2) is 27.9 Å². The van der Waals surface area contributed by atoms with E-state index in [1.165, 1.54) is 19.9 Å². The lowest BCUT2D eigenvalue weighted by atomic mass is 10.1. The van der Waals surface area contributed by atoms with Crippen molar-refractivity contribution in [2.24, 2.45) is 0 Å². The smallest absolute Gasteiger partial charge is 0.332 e. The Morgan fingerprint density at radius 1 is 1.53 bits per heavy atom. The van der Waals surface area contributed by atoms with Crippen molar-refractivity contribution in [1.82, 2.24) is 0 Å². The third-order valence-corrected chi connectivity index (χ3v) is 1.61. The Bertz CT molecular complexity index is 301. The monoisotopic (exact) mass is 214 g/mol. The fourth-order valence-electron chi connectivity index (χ4n) is 0.730. The molecule has 0 aliphatic heterocycles. The van der Waals surface area contributed by atoms with Gasteiger partial charge in [0.2, 0.25) is 5.79 Å². The zero-order chi connectivity index (χ0) is 12.1. The van der Waals surface area contributed by atoms with Crippen LogP contribution in [0, 0.1) is 0 Å². The van der Waals surface area contributed by atoms with Gasteiger partial charge in [0.25, 0.3) is 0 Å². The lowest BCUT2D eigenvalue weighted by Crippen LogP contribution is -2.30. The first-order chi connectivity index (χ1) is 6.78. The number of aliphatic hydroxyl groups is 1.